The van der Waals surface area contributed by atoms with E-state index in [1.807, 2.05) is 0 Å². The van der Waals surface area contributed by atoms with Crippen molar-refractivity contribution in [3.8, 4) is 5.75 Å². The van der Waals surface area contributed by atoms with Gasteiger partial charge >= 0.3 is 0 Å². The van der Waals surface area contributed by atoms with Crippen molar-refractivity contribution in [3.05, 3.63) is 26.6 Å². The van der Waals surface area contributed by atoms with Gasteiger partial charge in [-0.15, -0.1) is 0 Å². The highest BCUT2D eigenvalue weighted by Gasteiger charge is 2.23. The summed E-state index contributed by atoms with van der Waals surface area (Å²) in [5.41, 5.74) is 0.566. The van der Waals surface area contributed by atoms with Crippen LogP contribution in [0.15, 0.2) is 21.1 Å². The van der Waals surface area contributed by atoms with Crippen molar-refractivity contribution in [3.63, 3.8) is 0 Å². The Morgan fingerprint density at radius 2 is 1.50 bits per heavy atom. The van der Waals surface area contributed by atoms with Gasteiger partial charge in [-0.2, -0.15) is 0 Å². The Kier molecular flexibility index (Phi) is 4.27. The number of phenols is 1. The minimum absolute atomic E-state index is 0.0506. The van der Waals surface area contributed by atoms with Crippen molar-refractivity contribution < 1.29 is 14.7 Å². The lowest BCUT2D eigenvalue weighted by Gasteiger charge is -2.12. The second kappa shape index (κ2) is 5.10. The molecule has 0 amide bonds. The van der Waals surface area contributed by atoms with E-state index in [-0.39, 0.29) is 17.3 Å². The van der Waals surface area contributed by atoms with E-state index in [1.54, 1.807) is 12.1 Å². The molecule has 1 N–H and O–H groups in total. The van der Waals surface area contributed by atoms with E-state index in [1.165, 1.54) is 13.8 Å². The number of phenolic OH excluding ortho intramolecular Hbond substituents is 1. The molecule has 0 aliphatic rings. The first-order valence-corrected chi connectivity index (χ1v) is 6.12. The lowest BCUT2D eigenvalue weighted by atomic mass is 9.92. The third kappa shape index (κ3) is 2.71. The molecule has 0 saturated heterocycles. The summed E-state index contributed by atoms with van der Waals surface area (Å²) in [6.07, 6.45) is 0. The third-order valence-electron chi connectivity index (χ3n) is 2.19. The van der Waals surface area contributed by atoms with Crippen LogP contribution in [0, 0.1) is 0 Å². The summed E-state index contributed by atoms with van der Waals surface area (Å²) in [6, 6.07) is 3.15. The highest BCUT2D eigenvalue weighted by molar-refractivity contribution is 9.11. The molecule has 16 heavy (non-hydrogen) atoms. The molecule has 0 saturated carbocycles. The zero-order valence-electron chi connectivity index (χ0n) is 8.75. The highest BCUT2D eigenvalue weighted by atomic mass is 79.9. The summed E-state index contributed by atoms with van der Waals surface area (Å²) in [5.74, 6) is -1.14. The van der Waals surface area contributed by atoms with E-state index in [0.29, 0.717) is 14.5 Å². The normalized spacial score (nSPS) is 10.6. The lowest BCUT2D eigenvalue weighted by Crippen LogP contribution is -2.17. The van der Waals surface area contributed by atoms with Crippen LogP contribution in [0.3, 0.4) is 0 Å². The van der Waals surface area contributed by atoms with Crippen LogP contribution in [-0.2, 0) is 9.59 Å². The Labute approximate surface area is 110 Å². The molecular formula is C11H10Br2O3. The first kappa shape index (κ1) is 13.4. The van der Waals surface area contributed by atoms with Gasteiger partial charge in [-0.1, -0.05) is 0 Å². The SMILES string of the molecule is CC(=O)C(C(C)=O)c1cc(Br)c(O)c(Br)c1. The smallest absolute Gasteiger partial charge is 0.144 e. The molecular weight excluding hydrogens is 340 g/mol. The molecule has 0 aliphatic carbocycles. The number of benzene rings is 1. The quantitative estimate of drug-likeness (QED) is 0.852. The Bertz CT molecular complexity index is 418. The molecule has 5 heteroatoms. The molecule has 0 aromatic heterocycles. The van der Waals surface area contributed by atoms with E-state index in [4.69, 9.17) is 0 Å². The molecule has 0 radical (unpaired) electrons. The van der Waals surface area contributed by atoms with E-state index in [9.17, 15) is 14.7 Å². The van der Waals surface area contributed by atoms with E-state index >= 15 is 0 Å². The fourth-order valence-electron chi connectivity index (χ4n) is 1.51. The number of carbonyl (C=O) groups is 2. The van der Waals surface area contributed by atoms with Crippen LogP contribution < -0.4 is 0 Å². The number of Topliss-reactive ketones (excluding diaryl/α,β-unsaturated/α-hetero) is 2. The number of hydrogen-bond donors (Lipinski definition) is 1. The molecule has 0 bridgehead atoms. The second-order valence-electron chi connectivity index (χ2n) is 3.49. The maximum atomic E-state index is 11.4. The van der Waals surface area contributed by atoms with Gasteiger partial charge in [0, 0.05) is 0 Å². The van der Waals surface area contributed by atoms with Gasteiger partial charge in [0.25, 0.3) is 0 Å². The third-order valence-corrected chi connectivity index (χ3v) is 3.39. The summed E-state index contributed by atoms with van der Waals surface area (Å²) >= 11 is 6.32. The summed E-state index contributed by atoms with van der Waals surface area (Å²) in [7, 11) is 0. The van der Waals surface area contributed by atoms with Gasteiger partial charge in [0.05, 0.1) is 8.95 Å². The standard InChI is InChI=1S/C11H10Br2O3/c1-5(14)10(6(2)15)7-3-8(12)11(16)9(13)4-7/h3-4,10,16H,1-2H3. The van der Waals surface area contributed by atoms with Gasteiger partial charge < -0.3 is 5.11 Å². The summed E-state index contributed by atoms with van der Waals surface area (Å²) in [6.45, 7) is 2.75. The number of halogens is 2. The highest BCUT2D eigenvalue weighted by Crippen LogP contribution is 2.35. The van der Waals surface area contributed by atoms with Crippen LogP contribution in [0.2, 0.25) is 0 Å². The van der Waals surface area contributed by atoms with Crippen LogP contribution in [-0.4, -0.2) is 16.7 Å². The van der Waals surface area contributed by atoms with Crippen molar-refractivity contribution in [1.82, 2.24) is 0 Å². The molecule has 0 unspecified atom stereocenters. The topological polar surface area (TPSA) is 54.4 Å². The number of rotatable bonds is 3. The maximum Gasteiger partial charge on any atom is 0.144 e. The van der Waals surface area contributed by atoms with Gasteiger partial charge in [0.1, 0.15) is 23.2 Å². The molecule has 0 atom stereocenters. The van der Waals surface area contributed by atoms with E-state index < -0.39 is 5.92 Å². The van der Waals surface area contributed by atoms with Gasteiger partial charge in [0.2, 0.25) is 0 Å². The van der Waals surface area contributed by atoms with Crippen molar-refractivity contribution >= 4 is 43.4 Å². The first-order valence-electron chi connectivity index (χ1n) is 4.53. The Hall–Kier alpha value is -0.680. The second-order valence-corrected chi connectivity index (χ2v) is 5.20. The molecule has 0 fully saturated rings. The monoisotopic (exact) mass is 348 g/mol. The molecule has 3 nitrogen and oxygen atoms in total. The van der Waals surface area contributed by atoms with Crippen LogP contribution in [0.1, 0.15) is 25.3 Å². The zero-order chi connectivity index (χ0) is 12.5. The van der Waals surface area contributed by atoms with E-state index in [2.05, 4.69) is 31.9 Å². The number of carbonyl (C=O) groups excluding carboxylic acids is 2. The minimum Gasteiger partial charge on any atom is -0.506 e. The fourth-order valence-corrected chi connectivity index (χ4v) is 2.73. The largest absolute Gasteiger partial charge is 0.506 e. The zero-order valence-corrected chi connectivity index (χ0v) is 11.9. The predicted molar refractivity (Wildman–Crippen MR) is 67.6 cm³/mol. The van der Waals surface area contributed by atoms with E-state index in [0.717, 1.165) is 0 Å². The predicted octanol–water partition coefficient (Wildman–Crippen LogP) is 3.18. The first-order chi connectivity index (χ1) is 7.34. The van der Waals surface area contributed by atoms with Crippen molar-refractivity contribution in [2.24, 2.45) is 0 Å². The minimum atomic E-state index is -0.770. The van der Waals surface area contributed by atoms with Crippen molar-refractivity contribution in [2.45, 2.75) is 19.8 Å². The Morgan fingerprint density at radius 1 is 1.12 bits per heavy atom. The molecule has 0 aliphatic heterocycles. The number of hydrogen-bond acceptors (Lipinski definition) is 3. The van der Waals surface area contributed by atoms with Gasteiger partial charge in [-0.25, -0.2) is 0 Å². The van der Waals surface area contributed by atoms with Crippen LogP contribution >= 0.6 is 31.9 Å². The molecule has 1 rings (SSSR count). The molecule has 1 aromatic carbocycles. The average Bonchev–Trinajstić information content (AvgIpc) is 2.12. The van der Waals surface area contributed by atoms with Gasteiger partial charge in [-0.05, 0) is 63.4 Å². The van der Waals surface area contributed by atoms with Crippen molar-refractivity contribution in [1.29, 1.82) is 0 Å². The Balaban J connectivity index is 3.32. The number of aromatic hydroxyl groups is 1. The van der Waals surface area contributed by atoms with Crippen LogP contribution in [0.25, 0.3) is 0 Å². The van der Waals surface area contributed by atoms with Crippen molar-refractivity contribution in [2.75, 3.05) is 0 Å². The summed E-state index contributed by atoms with van der Waals surface area (Å²) in [5, 5.41) is 9.53. The van der Waals surface area contributed by atoms with Gasteiger partial charge in [0.15, 0.2) is 0 Å². The molecule has 0 spiro atoms. The maximum absolute atomic E-state index is 11.4. The fraction of sp³-hybridized carbons (Fsp3) is 0.273. The van der Waals surface area contributed by atoms with Crippen LogP contribution in [0.4, 0.5) is 0 Å². The Morgan fingerprint density at radius 3 is 1.81 bits per heavy atom. The molecule has 86 valence electrons. The summed E-state index contributed by atoms with van der Waals surface area (Å²) in [4.78, 5) is 22.8. The lowest BCUT2D eigenvalue weighted by molar-refractivity contribution is -0.126. The molecule has 0 heterocycles. The van der Waals surface area contributed by atoms with Gasteiger partial charge in [-0.3, -0.25) is 9.59 Å². The number of ketones is 2. The molecule has 1 aromatic rings. The average molecular weight is 350 g/mol. The summed E-state index contributed by atoms with van der Waals surface area (Å²) < 4.78 is 0.897. The van der Waals surface area contributed by atoms with Crippen LogP contribution in [0.5, 0.6) is 5.75 Å².